The molecule has 2 amide bonds. The van der Waals surface area contributed by atoms with Crippen molar-refractivity contribution in [1.82, 2.24) is 10.2 Å². The lowest BCUT2D eigenvalue weighted by atomic mass is 10.0. The molecule has 0 aliphatic carbocycles. The maximum Gasteiger partial charge on any atom is 0.254 e. The van der Waals surface area contributed by atoms with E-state index in [0.717, 1.165) is 6.42 Å². The summed E-state index contributed by atoms with van der Waals surface area (Å²) in [6.07, 6.45) is 2.53. The monoisotopic (exact) mass is 300 g/mol. The molecule has 2 heterocycles. The Kier molecular flexibility index (Phi) is 3.51. The summed E-state index contributed by atoms with van der Waals surface area (Å²) in [4.78, 5) is 25.0. The van der Waals surface area contributed by atoms with Crippen LogP contribution in [0.25, 0.3) is 0 Å². The van der Waals surface area contributed by atoms with Crippen LogP contribution in [0.15, 0.2) is 21.4 Å². The zero-order valence-electron chi connectivity index (χ0n) is 9.40. The van der Waals surface area contributed by atoms with Crippen molar-refractivity contribution in [2.45, 2.75) is 18.9 Å². The molecule has 1 saturated heterocycles. The van der Waals surface area contributed by atoms with E-state index in [1.165, 1.54) is 6.26 Å². The number of hydrogen-bond acceptors (Lipinski definition) is 3. The fourth-order valence-corrected chi connectivity index (χ4v) is 2.10. The highest BCUT2D eigenvalue weighted by molar-refractivity contribution is 9.10. The van der Waals surface area contributed by atoms with Gasteiger partial charge in [-0.15, -0.1) is 0 Å². The van der Waals surface area contributed by atoms with Gasteiger partial charge in [0.1, 0.15) is 6.26 Å². The van der Waals surface area contributed by atoms with Gasteiger partial charge in [0, 0.05) is 32.1 Å². The van der Waals surface area contributed by atoms with Crippen LogP contribution >= 0.6 is 15.9 Å². The first kappa shape index (κ1) is 12.2. The first-order valence-corrected chi connectivity index (χ1v) is 6.14. The fraction of sp³-hybridized carbons (Fsp3) is 0.455. The molecule has 0 spiro atoms. The number of carbonyl (C=O) groups excluding carboxylic acids is 2. The predicted octanol–water partition coefficient (Wildman–Crippen LogP) is 1.39. The van der Waals surface area contributed by atoms with E-state index in [4.69, 9.17) is 4.42 Å². The fourth-order valence-electron chi connectivity index (χ4n) is 1.76. The van der Waals surface area contributed by atoms with Gasteiger partial charge in [-0.05, 0) is 22.4 Å². The van der Waals surface area contributed by atoms with Crippen molar-refractivity contribution >= 4 is 27.7 Å². The quantitative estimate of drug-likeness (QED) is 0.898. The summed E-state index contributed by atoms with van der Waals surface area (Å²) in [5.41, 5.74) is 0.461. The third kappa shape index (κ3) is 2.88. The van der Waals surface area contributed by atoms with Gasteiger partial charge < -0.3 is 14.6 Å². The van der Waals surface area contributed by atoms with Crippen LogP contribution in [0.4, 0.5) is 0 Å². The molecule has 2 rings (SSSR count). The Labute approximate surface area is 107 Å². The number of carbonyl (C=O) groups is 2. The maximum atomic E-state index is 11.8. The van der Waals surface area contributed by atoms with Gasteiger partial charge in [-0.2, -0.15) is 0 Å². The lowest BCUT2D eigenvalue weighted by Gasteiger charge is -2.29. The highest BCUT2D eigenvalue weighted by Gasteiger charge is 2.25. The van der Waals surface area contributed by atoms with Crippen molar-refractivity contribution < 1.29 is 14.0 Å². The Morgan fingerprint density at radius 1 is 1.65 bits per heavy atom. The second kappa shape index (κ2) is 4.91. The van der Waals surface area contributed by atoms with E-state index >= 15 is 0 Å². The molecule has 1 fully saturated rings. The van der Waals surface area contributed by atoms with E-state index in [-0.39, 0.29) is 17.9 Å². The Morgan fingerprint density at radius 2 is 2.41 bits per heavy atom. The Hall–Kier alpha value is -1.30. The molecular weight excluding hydrogens is 288 g/mol. The molecule has 1 N–H and O–H groups in total. The normalized spacial score (nSPS) is 20.5. The minimum absolute atomic E-state index is 0.0647. The standard InChI is InChI=1S/C11H13BrN2O3/c1-14-3-2-8(5-10(14)15)13-11(16)7-4-9(12)17-6-7/h4,6,8H,2-3,5H2,1H3,(H,13,16). The molecule has 1 unspecified atom stereocenters. The maximum absolute atomic E-state index is 11.8. The number of likely N-dealkylation sites (tertiary alicyclic amines) is 1. The van der Waals surface area contributed by atoms with Crippen molar-refractivity contribution in [2.75, 3.05) is 13.6 Å². The number of hydrogen-bond donors (Lipinski definition) is 1. The van der Waals surface area contributed by atoms with Gasteiger partial charge >= 0.3 is 0 Å². The molecule has 1 aliphatic heterocycles. The van der Waals surface area contributed by atoms with E-state index in [2.05, 4.69) is 21.2 Å². The third-order valence-corrected chi connectivity index (χ3v) is 3.24. The lowest BCUT2D eigenvalue weighted by molar-refractivity contribution is -0.132. The first-order chi connectivity index (χ1) is 8.06. The number of piperidine rings is 1. The highest BCUT2D eigenvalue weighted by atomic mass is 79.9. The van der Waals surface area contributed by atoms with Crippen LogP contribution in [0.1, 0.15) is 23.2 Å². The number of nitrogens with zero attached hydrogens (tertiary/aromatic N) is 1. The molecule has 6 heteroatoms. The third-order valence-electron chi connectivity index (χ3n) is 2.82. The number of nitrogens with one attached hydrogen (secondary N) is 1. The van der Waals surface area contributed by atoms with Crippen LogP contribution < -0.4 is 5.32 Å². The van der Waals surface area contributed by atoms with Crippen LogP contribution in [-0.2, 0) is 4.79 Å². The molecule has 1 aliphatic rings. The SMILES string of the molecule is CN1CCC(NC(=O)c2coc(Br)c2)CC1=O. The highest BCUT2D eigenvalue weighted by Crippen LogP contribution is 2.15. The molecule has 0 radical (unpaired) electrons. The predicted molar refractivity (Wildman–Crippen MR) is 64.5 cm³/mol. The van der Waals surface area contributed by atoms with Crippen LogP contribution in [0.3, 0.4) is 0 Å². The average Bonchev–Trinajstić information content (AvgIpc) is 2.70. The number of furan rings is 1. The van der Waals surface area contributed by atoms with E-state index in [1.54, 1.807) is 18.0 Å². The number of amides is 2. The van der Waals surface area contributed by atoms with Gasteiger partial charge in [0.05, 0.1) is 5.56 Å². The molecule has 0 aromatic carbocycles. The molecule has 1 aromatic heterocycles. The second-order valence-corrected chi connectivity index (χ2v) is 4.90. The molecule has 17 heavy (non-hydrogen) atoms. The molecule has 5 nitrogen and oxygen atoms in total. The average molecular weight is 301 g/mol. The van der Waals surface area contributed by atoms with Gasteiger partial charge in [-0.3, -0.25) is 9.59 Å². The Morgan fingerprint density at radius 3 is 3.00 bits per heavy atom. The second-order valence-electron chi connectivity index (χ2n) is 4.12. The minimum Gasteiger partial charge on any atom is -0.457 e. The Bertz CT molecular complexity index is 444. The molecule has 1 aromatic rings. The molecule has 1 atom stereocenters. The van der Waals surface area contributed by atoms with Gasteiger partial charge in [-0.25, -0.2) is 0 Å². The summed E-state index contributed by atoms with van der Waals surface area (Å²) < 4.78 is 5.51. The topological polar surface area (TPSA) is 62.6 Å². The summed E-state index contributed by atoms with van der Waals surface area (Å²) in [5.74, 6) is -0.142. The number of rotatable bonds is 2. The van der Waals surface area contributed by atoms with E-state index in [9.17, 15) is 9.59 Å². The Balaban J connectivity index is 1.93. The first-order valence-electron chi connectivity index (χ1n) is 5.35. The van der Waals surface area contributed by atoms with Crippen LogP contribution in [0, 0.1) is 0 Å². The summed E-state index contributed by atoms with van der Waals surface area (Å²) in [5, 5.41) is 2.83. The summed E-state index contributed by atoms with van der Waals surface area (Å²) in [6.45, 7) is 0.679. The molecular formula is C11H13BrN2O3. The van der Waals surface area contributed by atoms with Crippen molar-refractivity contribution in [1.29, 1.82) is 0 Å². The zero-order valence-corrected chi connectivity index (χ0v) is 11.0. The molecule has 0 saturated carbocycles. The zero-order chi connectivity index (χ0) is 12.4. The van der Waals surface area contributed by atoms with Crippen LogP contribution in [0.2, 0.25) is 0 Å². The van der Waals surface area contributed by atoms with Crippen molar-refractivity contribution in [2.24, 2.45) is 0 Å². The summed E-state index contributed by atoms with van der Waals surface area (Å²) in [6, 6.07) is 1.52. The van der Waals surface area contributed by atoms with E-state index in [1.807, 2.05) is 0 Å². The van der Waals surface area contributed by atoms with Gasteiger partial charge in [0.25, 0.3) is 5.91 Å². The van der Waals surface area contributed by atoms with Crippen LogP contribution in [0.5, 0.6) is 0 Å². The van der Waals surface area contributed by atoms with Gasteiger partial charge in [-0.1, -0.05) is 0 Å². The van der Waals surface area contributed by atoms with Crippen LogP contribution in [-0.4, -0.2) is 36.3 Å². The van der Waals surface area contributed by atoms with E-state index < -0.39 is 0 Å². The number of halogens is 1. The smallest absolute Gasteiger partial charge is 0.254 e. The van der Waals surface area contributed by atoms with Gasteiger partial charge in [0.15, 0.2) is 4.67 Å². The van der Waals surface area contributed by atoms with E-state index in [0.29, 0.717) is 23.2 Å². The van der Waals surface area contributed by atoms with Crippen molar-refractivity contribution in [3.8, 4) is 0 Å². The molecule has 0 bridgehead atoms. The summed E-state index contributed by atoms with van der Waals surface area (Å²) in [7, 11) is 1.77. The van der Waals surface area contributed by atoms with Crippen molar-refractivity contribution in [3.63, 3.8) is 0 Å². The minimum atomic E-state index is -0.207. The lowest BCUT2D eigenvalue weighted by Crippen LogP contribution is -2.46. The molecule has 92 valence electrons. The van der Waals surface area contributed by atoms with Crippen molar-refractivity contribution in [3.05, 3.63) is 22.6 Å². The van der Waals surface area contributed by atoms with Gasteiger partial charge in [0.2, 0.25) is 5.91 Å². The largest absolute Gasteiger partial charge is 0.457 e. The summed E-state index contributed by atoms with van der Waals surface area (Å²) >= 11 is 3.14.